The topological polar surface area (TPSA) is 88.7 Å². The molecule has 6 nitrogen and oxygen atoms in total. The molecule has 1 aliphatic heterocycles. The Morgan fingerprint density at radius 2 is 2.30 bits per heavy atom. The van der Waals surface area contributed by atoms with E-state index in [-0.39, 0.29) is 18.3 Å². The molecule has 2 rings (SSSR count). The van der Waals surface area contributed by atoms with E-state index in [9.17, 15) is 9.90 Å². The van der Waals surface area contributed by atoms with Crippen LogP contribution in [0.3, 0.4) is 0 Å². The summed E-state index contributed by atoms with van der Waals surface area (Å²) < 4.78 is 5.37. The molecule has 1 saturated heterocycles. The Kier molecular flexibility index (Phi) is 5.45. The fourth-order valence-electron chi connectivity index (χ4n) is 2.25. The van der Waals surface area contributed by atoms with E-state index in [1.807, 2.05) is 0 Å². The fourth-order valence-corrected chi connectivity index (χ4v) is 3.56. The quantitative estimate of drug-likeness (QED) is 0.859. The minimum Gasteiger partial charge on any atom is -0.444 e. The van der Waals surface area contributed by atoms with E-state index in [0.717, 1.165) is 5.03 Å². The van der Waals surface area contributed by atoms with Crippen LogP contribution in [0.1, 0.15) is 20.8 Å². The number of likely N-dealkylation sites (tertiary alicyclic amines) is 1. The van der Waals surface area contributed by atoms with Crippen molar-refractivity contribution in [2.75, 3.05) is 19.6 Å². The number of aromatic nitrogens is 1. The van der Waals surface area contributed by atoms with Crippen molar-refractivity contribution >= 4 is 29.5 Å². The van der Waals surface area contributed by atoms with Gasteiger partial charge in [-0.25, -0.2) is 9.78 Å². The molecule has 0 radical (unpaired) electrons. The summed E-state index contributed by atoms with van der Waals surface area (Å²) >= 11 is 7.21. The summed E-state index contributed by atoms with van der Waals surface area (Å²) in [5.41, 5.74) is 3.98. The molecular formula is C15H22ClN3O3S. The molecule has 2 heterocycles. The number of halogens is 1. The first kappa shape index (κ1) is 18.3. The van der Waals surface area contributed by atoms with Gasteiger partial charge in [0.2, 0.25) is 0 Å². The molecule has 0 aliphatic carbocycles. The number of carbonyl (C=O) groups is 1. The van der Waals surface area contributed by atoms with E-state index < -0.39 is 17.3 Å². The van der Waals surface area contributed by atoms with Crippen molar-refractivity contribution in [1.29, 1.82) is 0 Å². The Morgan fingerprint density at radius 1 is 1.61 bits per heavy atom. The zero-order valence-electron chi connectivity index (χ0n) is 13.5. The van der Waals surface area contributed by atoms with Crippen LogP contribution in [-0.4, -0.2) is 57.2 Å². The van der Waals surface area contributed by atoms with Gasteiger partial charge in [0.05, 0.1) is 21.8 Å². The molecule has 3 N–H and O–H groups in total. The fraction of sp³-hybridized carbons (Fsp3) is 0.600. The maximum absolute atomic E-state index is 12.2. The molecule has 8 heteroatoms. The number of hydrogen-bond acceptors (Lipinski definition) is 6. The van der Waals surface area contributed by atoms with E-state index in [0.29, 0.717) is 11.6 Å². The van der Waals surface area contributed by atoms with E-state index in [1.54, 1.807) is 39.1 Å². The molecule has 0 aromatic carbocycles. The molecule has 128 valence electrons. The number of hydrogen-bond donors (Lipinski definition) is 2. The number of ether oxygens (including phenoxy) is 1. The first-order valence-electron chi connectivity index (χ1n) is 7.31. The van der Waals surface area contributed by atoms with Crippen molar-refractivity contribution in [2.45, 2.75) is 42.2 Å². The Labute approximate surface area is 145 Å². The highest BCUT2D eigenvalue weighted by molar-refractivity contribution is 8.00. The summed E-state index contributed by atoms with van der Waals surface area (Å²) in [4.78, 5) is 17.9. The molecular weight excluding hydrogens is 338 g/mol. The highest BCUT2D eigenvalue weighted by Crippen LogP contribution is 2.35. The first-order valence-corrected chi connectivity index (χ1v) is 8.57. The third-order valence-corrected chi connectivity index (χ3v) is 5.00. The van der Waals surface area contributed by atoms with Gasteiger partial charge in [-0.1, -0.05) is 23.4 Å². The molecule has 1 amide bonds. The number of aliphatic hydroxyl groups is 1. The second kappa shape index (κ2) is 6.84. The summed E-state index contributed by atoms with van der Waals surface area (Å²) in [5, 5.41) is 11.7. The number of nitrogens with two attached hydrogens (primary N) is 1. The lowest BCUT2D eigenvalue weighted by Crippen LogP contribution is -2.47. The second-order valence-corrected chi connectivity index (χ2v) is 8.25. The summed E-state index contributed by atoms with van der Waals surface area (Å²) in [7, 11) is 0. The van der Waals surface area contributed by atoms with E-state index in [2.05, 4.69) is 4.98 Å². The standard InChI is InChI=1S/C15H22ClN3O3S/c1-14(2,3)22-13(20)19-7-11(15(21,8-17)9-19)23-12-5-4-10(16)6-18-12/h4-6,11,21H,7-9,17H2,1-3H3/t11-,15-/m0/s1. The zero-order valence-corrected chi connectivity index (χ0v) is 15.0. The van der Waals surface area contributed by atoms with Crippen LogP contribution < -0.4 is 5.73 Å². The van der Waals surface area contributed by atoms with Gasteiger partial charge in [-0.3, -0.25) is 0 Å². The van der Waals surface area contributed by atoms with Gasteiger partial charge < -0.3 is 20.5 Å². The maximum Gasteiger partial charge on any atom is 0.410 e. The van der Waals surface area contributed by atoms with Crippen LogP contribution in [0.4, 0.5) is 4.79 Å². The van der Waals surface area contributed by atoms with Gasteiger partial charge >= 0.3 is 6.09 Å². The summed E-state index contributed by atoms with van der Waals surface area (Å²) in [5.74, 6) is 0. The molecule has 23 heavy (non-hydrogen) atoms. The van der Waals surface area contributed by atoms with Crippen LogP contribution >= 0.6 is 23.4 Å². The van der Waals surface area contributed by atoms with E-state index in [4.69, 9.17) is 22.1 Å². The predicted molar refractivity (Wildman–Crippen MR) is 90.7 cm³/mol. The SMILES string of the molecule is CC(C)(C)OC(=O)N1C[C@H](Sc2ccc(Cl)cn2)[C@](O)(CN)C1. The van der Waals surface area contributed by atoms with Crippen LogP contribution in [0, 0.1) is 0 Å². The Balaban J connectivity index is 2.09. The molecule has 0 saturated carbocycles. The van der Waals surface area contributed by atoms with Gasteiger partial charge in [0.15, 0.2) is 0 Å². The number of carbonyl (C=O) groups excluding carboxylic acids is 1. The highest BCUT2D eigenvalue weighted by Gasteiger charge is 2.47. The molecule has 1 fully saturated rings. The number of pyridine rings is 1. The van der Waals surface area contributed by atoms with Crippen LogP contribution in [0.15, 0.2) is 23.4 Å². The number of thioether (sulfide) groups is 1. The molecule has 0 bridgehead atoms. The van der Waals surface area contributed by atoms with Crippen molar-refractivity contribution in [3.63, 3.8) is 0 Å². The normalized spacial score (nSPS) is 24.8. The minimum atomic E-state index is -1.18. The summed E-state index contributed by atoms with van der Waals surface area (Å²) in [6, 6.07) is 3.51. The summed E-state index contributed by atoms with van der Waals surface area (Å²) in [6.07, 6.45) is 1.10. The maximum atomic E-state index is 12.2. The summed E-state index contributed by atoms with van der Waals surface area (Å²) in [6.45, 7) is 5.96. The van der Waals surface area contributed by atoms with Gasteiger partial charge in [0.25, 0.3) is 0 Å². The lowest BCUT2D eigenvalue weighted by Gasteiger charge is -2.27. The average molecular weight is 360 g/mol. The molecule has 0 spiro atoms. The second-order valence-electron chi connectivity index (χ2n) is 6.59. The van der Waals surface area contributed by atoms with Gasteiger partial charge in [-0.15, -0.1) is 0 Å². The van der Waals surface area contributed by atoms with E-state index in [1.165, 1.54) is 16.7 Å². The first-order chi connectivity index (χ1) is 10.6. The van der Waals surface area contributed by atoms with E-state index >= 15 is 0 Å². The minimum absolute atomic E-state index is 0.0531. The van der Waals surface area contributed by atoms with Crippen molar-refractivity contribution < 1.29 is 14.6 Å². The number of rotatable bonds is 3. The third kappa shape index (κ3) is 4.73. The van der Waals surface area contributed by atoms with Crippen LogP contribution in [0.5, 0.6) is 0 Å². The monoisotopic (exact) mass is 359 g/mol. The van der Waals surface area contributed by atoms with Crippen LogP contribution in [0.25, 0.3) is 0 Å². The molecule has 1 aromatic rings. The average Bonchev–Trinajstić information content (AvgIpc) is 2.78. The lowest BCUT2D eigenvalue weighted by atomic mass is 10.0. The molecule has 0 unspecified atom stereocenters. The van der Waals surface area contributed by atoms with Gasteiger partial charge in [-0.2, -0.15) is 0 Å². The zero-order chi connectivity index (χ0) is 17.3. The Morgan fingerprint density at radius 3 is 2.83 bits per heavy atom. The lowest BCUT2D eigenvalue weighted by molar-refractivity contribution is 0.0179. The smallest absolute Gasteiger partial charge is 0.410 e. The largest absolute Gasteiger partial charge is 0.444 e. The van der Waals surface area contributed by atoms with Crippen LogP contribution in [0.2, 0.25) is 5.02 Å². The predicted octanol–water partition coefficient (Wildman–Crippen LogP) is 2.14. The number of nitrogens with zero attached hydrogens (tertiary/aromatic N) is 2. The van der Waals surface area contributed by atoms with Crippen molar-refractivity contribution in [3.8, 4) is 0 Å². The molecule has 2 atom stereocenters. The Hall–Kier alpha value is -1.02. The molecule has 1 aliphatic rings. The van der Waals surface area contributed by atoms with Gasteiger partial charge in [-0.05, 0) is 32.9 Å². The number of β-amino-alcohol motifs (C(OH)–C–C–N with tert-alkyl or cyclic N) is 1. The Bertz CT molecular complexity index is 564. The number of amides is 1. The van der Waals surface area contributed by atoms with Crippen molar-refractivity contribution in [3.05, 3.63) is 23.4 Å². The van der Waals surface area contributed by atoms with Crippen molar-refractivity contribution in [2.24, 2.45) is 5.73 Å². The highest BCUT2D eigenvalue weighted by atomic mass is 35.5. The van der Waals surface area contributed by atoms with Crippen molar-refractivity contribution in [1.82, 2.24) is 9.88 Å². The van der Waals surface area contributed by atoms with Gasteiger partial charge in [0, 0.05) is 19.3 Å². The van der Waals surface area contributed by atoms with Gasteiger partial charge in [0.1, 0.15) is 11.2 Å². The molecule has 1 aromatic heterocycles. The third-order valence-electron chi connectivity index (χ3n) is 3.42. The van der Waals surface area contributed by atoms with Crippen LogP contribution in [-0.2, 0) is 4.74 Å².